The number of rotatable bonds is 4. The van der Waals surface area contributed by atoms with Gasteiger partial charge in [-0.25, -0.2) is 9.37 Å². The van der Waals surface area contributed by atoms with E-state index in [1.807, 2.05) is 0 Å². The molecule has 0 aromatic carbocycles. The third kappa shape index (κ3) is 3.16. The fourth-order valence-corrected chi connectivity index (χ4v) is 2.73. The molecule has 0 amide bonds. The highest BCUT2D eigenvalue weighted by Crippen LogP contribution is 2.29. The summed E-state index contributed by atoms with van der Waals surface area (Å²) in [5.41, 5.74) is 5.76. The molecule has 1 aromatic rings. The molecule has 2 rings (SSSR count). The van der Waals surface area contributed by atoms with Crippen molar-refractivity contribution in [3.05, 3.63) is 22.6 Å². The topological polar surface area (TPSA) is 50.9 Å². The summed E-state index contributed by atoms with van der Waals surface area (Å²) in [6.45, 7) is 0.516. The zero-order valence-corrected chi connectivity index (χ0v) is 11.2. The van der Waals surface area contributed by atoms with Gasteiger partial charge in [0.05, 0.1) is 0 Å². The number of halogens is 2. The van der Waals surface area contributed by atoms with Crippen molar-refractivity contribution >= 4 is 21.7 Å². The summed E-state index contributed by atoms with van der Waals surface area (Å²) in [4.78, 5) is 4.05. The van der Waals surface area contributed by atoms with Crippen molar-refractivity contribution in [1.82, 2.24) is 4.98 Å². The van der Waals surface area contributed by atoms with Crippen molar-refractivity contribution < 1.29 is 4.39 Å². The number of pyridine rings is 1. The van der Waals surface area contributed by atoms with Gasteiger partial charge >= 0.3 is 0 Å². The van der Waals surface area contributed by atoms with E-state index >= 15 is 0 Å². The molecule has 1 fully saturated rings. The molecule has 17 heavy (non-hydrogen) atoms. The van der Waals surface area contributed by atoms with E-state index in [0.29, 0.717) is 22.8 Å². The normalized spacial score (nSPS) is 18.3. The van der Waals surface area contributed by atoms with Gasteiger partial charge in [0.1, 0.15) is 0 Å². The molecule has 0 bridgehead atoms. The third-order valence-electron chi connectivity index (χ3n) is 3.35. The highest BCUT2D eigenvalue weighted by molar-refractivity contribution is 9.10. The number of hydrogen-bond donors (Lipinski definition) is 2. The average molecular weight is 302 g/mol. The lowest BCUT2D eigenvalue weighted by atomic mass is 9.98. The number of aromatic nitrogens is 1. The third-order valence-corrected chi connectivity index (χ3v) is 3.79. The summed E-state index contributed by atoms with van der Waals surface area (Å²) in [6, 6.07) is 1.54. The minimum Gasteiger partial charge on any atom is -0.363 e. The van der Waals surface area contributed by atoms with Crippen LogP contribution in [0.2, 0.25) is 0 Å². The molecule has 1 aliphatic rings. The van der Waals surface area contributed by atoms with Gasteiger partial charge < -0.3 is 11.1 Å². The molecule has 1 atom stereocenters. The molecule has 1 unspecified atom stereocenters. The van der Waals surface area contributed by atoms with Crippen LogP contribution in [0, 0.1) is 11.7 Å². The second-order valence-corrected chi connectivity index (χ2v) is 5.43. The SMILES string of the molecule is NCC(Nc1ncc(Br)cc1F)C1CCCC1. The second kappa shape index (κ2) is 5.78. The number of nitrogens with one attached hydrogen (secondary N) is 1. The van der Waals surface area contributed by atoms with Crippen LogP contribution >= 0.6 is 15.9 Å². The van der Waals surface area contributed by atoms with E-state index in [2.05, 4.69) is 26.2 Å². The first-order chi connectivity index (χ1) is 8.20. The van der Waals surface area contributed by atoms with Gasteiger partial charge in [0.15, 0.2) is 11.6 Å². The summed E-state index contributed by atoms with van der Waals surface area (Å²) in [7, 11) is 0. The first-order valence-electron chi connectivity index (χ1n) is 5.98. The average Bonchev–Trinajstić information content (AvgIpc) is 2.81. The van der Waals surface area contributed by atoms with Crippen LogP contribution in [-0.2, 0) is 0 Å². The van der Waals surface area contributed by atoms with E-state index in [0.717, 1.165) is 0 Å². The maximum Gasteiger partial charge on any atom is 0.166 e. The predicted molar refractivity (Wildman–Crippen MR) is 70.3 cm³/mol. The Labute approximate surface area is 109 Å². The fourth-order valence-electron chi connectivity index (χ4n) is 2.43. The van der Waals surface area contributed by atoms with Crippen LogP contribution in [0.5, 0.6) is 0 Å². The Morgan fingerprint density at radius 3 is 2.82 bits per heavy atom. The molecule has 1 saturated carbocycles. The monoisotopic (exact) mass is 301 g/mol. The predicted octanol–water partition coefficient (Wildman–Crippen LogP) is 2.91. The summed E-state index contributed by atoms with van der Waals surface area (Å²) in [5, 5.41) is 3.13. The fraction of sp³-hybridized carbons (Fsp3) is 0.583. The number of nitrogens with two attached hydrogens (primary N) is 1. The van der Waals surface area contributed by atoms with Crippen LogP contribution in [0.1, 0.15) is 25.7 Å². The summed E-state index contributed by atoms with van der Waals surface area (Å²) >= 11 is 3.19. The molecule has 0 aliphatic heterocycles. The van der Waals surface area contributed by atoms with Gasteiger partial charge in [0, 0.05) is 23.3 Å². The summed E-state index contributed by atoms with van der Waals surface area (Å²) in [5.74, 6) is 0.510. The smallest absolute Gasteiger partial charge is 0.166 e. The Balaban J connectivity index is 2.06. The molecule has 0 saturated heterocycles. The minimum absolute atomic E-state index is 0.126. The molecule has 3 nitrogen and oxygen atoms in total. The van der Waals surface area contributed by atoms with Crippen LogP contribution in [0.4, 0.5) is 10.2 Å². The minimum atomic E-state index is -0.337. The number of nitrogens with zero attached hydrogens (tertiary/aromatic N) is 1. The van der Waals surface area contributed by atoms with E-state index < -0.39 is 0 Å². The van der Waals surface area contributed by atoms with Crippen LogP contribution in [0.3, 0.4) is 0 Å². The molecule has 1 aliphatic carbocycles. The summed E-state index contributed by atoms with van der Waals surface area (Å²) in [6.07, 6.45) is 6.44. The lowest BCUT2D eigenvalue weighted by Gasteiger charge is -2.23. The van der Waals surface area contributed by atoms with Crippen molar-refractivity contribution in [2.45, 2.75) is 31.7 Å². The molecular formula is C12H17BrFN3. The number of hydrogen-bond acceptors (Lipinski definition) is 3. The second-order valence-electron chi connectivity index (χ2n) is 4.52. The molecule has 5 heteroatoms. The van der Waals surface area contributed by atoms with E-state index in [1.165, 1.54) is 31.7 Å². The summed E-state index contributed by atoms with van der Waals surface area (Å²) < 4.78 is 14.3. The van der Waals surface area contributed by atoms with Gasteiger partial charge in [0.25, 0.3) is 0 Å². The van der Waals surface area contributed by atoms with Crippen molar-refractivity contribution in [3.8, 4) is 0 Å². The van der Waals surface area contributed by atoms with Gasteiger partial charge in [-0.1, -0.05) is 12.8 Å². The Hall–Kier alpha value is -0.680. The maximum absolute atomic E-state index is 13.6. The van der Waals surface area contributed by atoms with Gasteiger partial charge in [-0.2, -0.15) is 0 Å². The molecule has 1 heterocycles. The molecule has 0 radical (unpaired) electrons. The highest BCUT2D eigenvalue weighted by atomic mass is 79.9. The molecule has 0 spiro atoms. The van der Waals surface area contributed by atoms with E-state index in [9.17, 15) is 4.39 Å². The first kappa shape index (κ1) is 12.8. The van der Waals surface area contributed by atoms with E-state index in [4.69, 9.17) is 5.73 Å². The van der Waals surface area contributed by atoms with E-state index in [-0.39, 0.29) is 11.9 Å². The highest BCUT2D eigenvalue weighted by Gasteiger charge is 2.24. The molecule has 3 N–H and O–H groups in total. The zero-order chi connectivity index (χ0) is 12.3. The van der Waals surface area contributed by atoms with Crippen LogP contribution in [0.25, 0.3) is 0 Å². The zero-order valence-electron chi connectivity index (χ0n) is 9.63. The van der Waals surface area contributed by atoms with Gasteiger partial charge in [-0.3, -0.25) is 0 Å². The van der Waals surface area contributed by atoms with Crippen molar-refractivity contribution in [2.24, 2.45) is 11.7 Å². The standard InChI is InChI=1S/C12H17BrFN3/c13-9-5-10(14)12(16-7-9)17-11(6-15)8-3-1-2-4-8/h5,7-8,11H,1-4,6,15H2,(H,16,17). The maximum atomic E-state index is 13.6. The van der Waals surface area contributed by atoms with E-state index in [1.54, 1.807) is 6.20 Å². The Kier molecular flexibility index (Phi) is 4.34. The lowest BCUT2D eigenvalue weighted by Crippen LogP contribution is -2.35. The van der Waals surface area contributed by atoms with Crippen molar-refractivity contribution in [2.75, 3.05) is 11.9 Å². The van der Waals surface area contributed by atoms with Crippen molar-refractivity contribution in [1.29, 1.82) is 0 Å². The van der Waals surface area contributed by atoms with Gasteiger partial charge in [-0.05, 0) is 40.8 Å². The quantitative estimate of drug-likeness (QED) is 0.899. The Bertz CT molecular complexity index is 380. The van der Waals surface area contributed by atoms with Gasteiger partial charge in [-0.15, -0.1) is 0 Å². The van der Waals surface area contributed by atoms with Crippen LogP contribution in [-0.4, -0.2) is 17.6 Å². The molecule has 94 valence electrons. The van der Waals surface area contributed by atoms with Crippen LogP contribution in [0.15, 0.2) is 16.7 Å². The first-order valence-corrected chi connectivity index (χ1v) is 6.77. The molecule has 1 aromatic heterocycles. The van der Waals surface area contributed by atoms with Crippen molar-refractivity contribution in [3.63, 3.8) is 0 Å². The number of anilines is 1. The Morgan fingerprint density at radius 2 is 2.24 bits per heavy atom. The Morgan fingerprint density at radius 1 is 1.53 bits per heavy atom. The van der Waals surface area contributed by atoms with Gasteiger partial charge in [0.2, 0.25) is 0 Å². The van der Waals surface area contributed by atoms with Crippen LogP contribution < -0.4 is 11.1 Å². The largest absolute Gasteiger partial charge is 0.363 e. The molecular weight excluding hydrogens is 285 g/mol. The lowest BCUT2D eigenvalue weighted by molar-refractivity contribution is 0.458.